The number of ether oxygens (including phenoxy) is 1. The number of benzene rings is 1. The molecule has 0 aliphatic carbocycles. The van der Waals surface area contributed by atoms with E-state index in [0.29, 0.717) is 9.90 Å². The largest absolute Gasteiger partial charge is 0.468 e. The number of hydrogen-bond acceptors (Lipinski definition) is 8. The molecule has 0 saturated heterocycles. The van der Waals surface area contributed by atoms with E-state index in [0.717, 1.165) is 23.1 Å². The zero-order valence-corrected chi connectivity index (χ0v) is 16.1. The van der Waals surface area contributed by atoms with Gasteiger partial charge in [-0.15, -0.1) is 10.2 Å². The SMILES string of the molecule is COC(=O)CSc1nnc(NS(=O)(=O)Cc2c(Cl)cccc2Cl)s1. The molecule has 0 bridgehead atoms. The van der Waals surface area contributed by atoms with E-state index in [1.165, 1.54) is 7.11 Å². The summed E-state index contributed by atoms with van der Waals surface area (Å²) < 4.78 is 31.7. The molecular formula is C12H11Cl2N3O4S3. The third-order valence-corrected chi connectivity index (χ3v) is 6.54. The highest BCUT2D eigenvalue weighted by molar-refractivity contribution is 8.01. The van der Waals surface area contributed by atoms with Crippen LogP contribution >= 0.6 is 46.3 Å². The normalized spacial score (nSPS) is 11.3. The average Bonchev–Trinajstić information content (AvgIpc) is 2.95. The Kier molecular flexibility index (Phi) is 6.70. The van der Waals surface area contributed by atoms with Crippen molar-refractivity contribution in [1.29, 1.82) is 0 Å². The van der Waals surface area contributed by atoms with Crippen LogP contribution in [0.3, 0.4) is 0 Å². The van der Waals surface area contributed by atoms with Crippen molar-refractivity contribution in [3.8, 4) is 0 Å². The van der Waals surface area contributed by atoms with Crippen molar-refractivity contribution in [3.05, 3.63) is 33.8 Å². The fourth-order valence-corrected chi connectivity index (χ4v) is 5.26. The minimum atomic E-state index is -3.77. The van der Waals surface area contributed by atoms with E-state index in [-0.39, 0.29) is 20.9 Å². The first kappa shape index (κ1) is 19.3. The number of nitrogens with one attached hydrogen (secondary N) is 1. The first-order chi connectivity index (χ1) is 11.3. The number of carbonyl (C=O) groups is 1. The van der Waals surface area contributed by atoms with Gasteiger partial charge in [-0.2, -0.15) is 0 Å². The Hall–Kier alpha value is -1.07. The lowest BCUT2D eigenvalue weighted by Gasteiger charge is -2.08. The van der Waals surface area contributed by atoms with Gasteiger partial charge >= 0.3 is 5.97 Å². The summed E-state index contributed by atoms with van der Waals surface area (Å²) in [7, 11) is -2.49. The average molecular weight is 428 g/mol. The molecule has 0 spiro atoms. The van der Waals surface area contributed by atoms with E-state index in [9.17, 15) is 13.2 Å². The quantitative estimate of drug-likeness (QED) is 0.535. The standard InChI is InChI=1S/C12H11Cl2N3O4S3/c1-21-10(18)5-22-12-16-15-11(23-12)17-24(19,20)6-7-8(13)3-2-4-9(7)14/h2-4H,5-6H2,1H3,(H,15,17). The first-order valence-corrected chi connectivity index (χ1v) is 10.5. The molecular weight excluding hydrogens is 417 g/mol. The molecule has 1 aromatic heterocycles. The van der Waals surface area contributed by atoms with E-state index >= 15 is 0 Å². The molecule has 2 aromatic rings. The highest BCUT2D eigenvalue weighted by Crippen LogP contribution is 2.29. The third-order valence-electron chi connectivity index (χ3n) is 2.59. The van der Waals surface area contributed by atoms with E-state index in [1.54, 1.807) is 18.2 Å². The van der Waals surface area contributed by atoms with Crippen LogP contribution in [0.25, 0.3) is 0 Å². The number of hydrogen-bond donors (Lipinski definition) is 1. The molecule has 1 N–H and O–H groups in total. The lowest BCUT2D eigenvalue weighted by molar-refractivity contribution is -0.137. The van der Waals surface area contributed by atoms with Crippen LogP contribution in [0, 0.1) is 0 Å². The summed E-state index contributed by atoms with van der Waals surface area (Å²) in [4.78, 5) is 11.1. The molecule has 0 radical (unpaired) electrons. The molecule has 7 nitrogen and oxygen atoms in total. The van der Waals surface area contributed by atoms with Gasteiger partial charge in [-0.25, -0.2) is 8.42 Å². The fraction of sp³-hybridized carbons (Fsp3) is 0.250. The van der Waals surface area contributed by atoms with E-state index in [2.05, 4.69) is 19.7 Å². The molecule has 0 atom stereocenters. The molecule has 2 rings (SSSR count). The predicted molar refractivity (Wildman–Crippen MR) is 95.4 cm³/mol. The number of methoxy groups -OCH3 is 1. The summed E-state index contributed by atoms with van der Waals surface area (Å²) in [6.45, 7) is 0. The molecule has 0 aliphatic rings. The number of halogens is 2. The van der Waals surface area contributed by atoms with Gasteiger partial charge in [0.25, 0.3) is 0 Å². The number of anilines is 1. The van der Waals surface area contributed by atoms with Gasteiger partial charge in [-0.3, -0.25) is 9.52 Å². The number of thioether (sulfide) groups is 1. The Bertz CT molecular complexity index is 822. The van der Waals surface area contributed by atoms with Crippen LogP contribution in [-0.4, -0.2) is 37.4 Å². The van der Waals surface area contributed by atoms with Crippen LogP contribution in [0.1, 0.15) is 5.56 Å². The highest BCUT2D eigenvalue weighted by Gasteiger charge is 2.19. The zero-order valence-electron chi connectivity index (χ0n) is 12.2. The van der Waals surface area contributed by atoms with E-state index in [4.69, 9.17) is 23.2 Å². The molecule has 0 saturated carbocycles. The van der Waals surface area contributed by atoms with Gasteiger partial charge in [0.1, 0.15) is 0 Å². The lowest BCUT2D eigenvalue weighted by atomic mass is 10.2. The van der Waals surface area contributed by atoms with Crippen LogP contribution in [-0.2, 0) is 25.3 Å². The summed E-state index contributed by atoms with van der Waals surface area (Å²) in [6.07, 6.45) is 0. The minimum Gasteiger partial charge on any atom is -0.468 e. The van der Waals surface area contributed by atoms with Crippen molar-refractivity contribution in [3.63, 3.8) is 0 Å². The Morgan fingerprint density at radius 1 is 1.33 bits per heavy atom. The highest BCUT2D eigenvalue weighted by atomic mass is 35.5. The Balaban J connectivity index is 2.04. The molecule has 0 aliphatic heterocycles. The second-order valence-electron chi connectivity index (χ2n) is 4.30. The Morgan fingerprint density at radius 2 is 2.00 bits per heavy atom. The number of carbonyl (C=O) groups excluding carboxylic acids is 1. The maximum atomic E-state index is 12.2. The van der Waals surface area contributed by atoms with Crippen molar-refractivity contribution in [2.45, 2.75) is 10.1 Å². The third kappa shape index (κ3) is 5.49. The van der Waals surface area contributed by atoms with Crippen molar-refractivity contribution in [1.82, 2.24) is 10.2 Å². The number of rotatable bonds is 7. The van der Waals surface area contributed by atoms with Gasteiger partial charge < -0.3 is 4.74 Å². The van der Waals surface area contributed by atoms with Gasteiger partial charge in [0.05, 0.1) is 18.6 Å². The summed E-state index contributed by atoms with van der Waals surface area (Å²) in [5.74, 6) is -0.742. The van der Waals surface area contributed by atoms with Crippen LogP contribution in [0.4, 0.5) is 5.13 Å². The Morgan fingerprint density at radius 3 is 2.62 bits per heavy atom. The molecule has 12 heteroatoms. The maximum Gasteiger partial charge on any atom is 0.316 e. The molecule has 0 fully saturated rings. The minimum absolute atomic E-state index is 0.0626. The molecule has 130 valence electrons. The summed E-state index contributed by atoms with van der Waals surface area (Å²) in [5, 5.41) is 8.14. The van der Waals surface area contributed by atoms with Crippen LogP contribution < -0.4 is 4.72 Å². The maximum absolute atomic E-state index is 12.2. The van der Waals surface area contributed by atoms with Gasteiger partial charge in [-0.05, 0) is 12.1 Å². The predicted octanol–water partition coefficient (Wildman–Crippen LogP) is 3.05. The van der Waals surface area contributed by atoms with Gasteiger partial charge in [-0.1, -0.05) is 52.4 Å². The topological polar surface area (TPSA) is 98.2 Å². The van der Waals surface area contributed by atoms with Gasteiger partial charge in [0.15, 0.2) is 4.34 Å². The summed E-state index contributed by atoms with van der Waals surface area (Å²) in [5.41, 5.74) is 0.304. The van der Waals surface area contributed by atoms with Crippen LogP contribution in [0.5, 0.6) is 0 Å². The van der Waals surface area contributed by atoms with Crippen LogP contribution in [0.2, 0.25) is 10.0 Å². The monoisotopic (exact) mass is 427 g/mol. The Labute approximate surface area is 156 Å². The molecule has 1 aromatic carbocycles. The second kappa shape index (κ2) is 8.34. The number of sulfonamides is 1. The molecule has 0 unspecified atom stereocenters. The summed E-state index contributed by atoms with van der Waals surface area (Å²) >= 11 is 14.1. The van der Waals surface area contributed by atoms with Crippen molar-refractivity contribution >= 4 is 67.4 Å². The van der Waals surface area contributed by atoms with Crippen LogP contribution in [0.15, 0.2) is 22.5 Å². The smallest absolute Gasteiger partial charge is 0.316 e. The number of esters is 1. The van der Waals surface area contributed by atoms with Crippen molar-refractivity contribution in [2.24, 2.45) is 0 Å². The molecule has 1 heterocycles. The zero-order chi connectivity index (χ0) is 17.7. The fourth-order valence-electron chi connectivity index (χ4n) is 1.52. The van der Waals surface area contributed by atoms with E-state index < -0.39 is 21.7 Å². The van der Waals surface area contributed by atoms with Gasteiger partial charge in [0.2, 0.25) is 15.2 Å². The lowest BCUT2D eigenvalue weighted by Crippen LogP contribution is -2.15. The number of aromatic nitrogens is 2. The second-order valence-corrected chi connectivity index (χ2v) is 9.04. The first-order valence-electron chi connectivity index (χ1n) is 6.27. The van der Waals surface area contributed by atoms with Gasteiger partial charge in [0, 0.05) is 15.6 Å². The molecule has 0 amide bonds. The van der Waals surface area contributed by atoms with E-state index in [1.807, 2.05) is 0 Å². The van der Waals surface area contributed by atoms with Crippen molar-refractivity contribution < 1.29 is 17.9 Å². The van der Waals surface area contributed by atoms with Crippen molar-refractivity contribution in [2.75, 3.05) is 17.6 Å². The summed E-state index contributed by atoms with van der Waals surface area (Å²) in [6, 6.07) is 4.75. The number of nitrogens with zero attached hydrogens (tertiary/aromatic N) is 2. The molecule has 24 heavy (non-hydrogen) atoms.